The predicted molar refractivity (Wildman–Crippen MR) is 82.6 cm³/mol. The van der Waals surface area contributed by atoms with E-state index in [2.05, 4.69) is 36.6 Å². The van der Waals surface area contributed by atoms with E-state index < -0.39 is 0 Å². The molecule has 96 valence electrons. The van der Waals surface area contributed by atoms with Crippen molar-refractivity contribution in [3.05, 3.63) is 52.4 Å². The zero-order valence-corrected chi connectivity index (χ0v) is 12.6. The number of hydrogen-bond acceptors (Lipinski definition) is 3. The molecule has 0 fully saturated rings. The molecule has 0 spiro atoms. The Morgan fingerprint density at radius 2 is 2.00 bits per heavy atom. The number of thioether (sulfide) groups is 1. The molecule has 0 aliphatic carbocycles. The van der Waals surface area contributed by atoms with Gasteiger partial charge in [0.2, 0.25) is 0 Å². The van der Waals surface area contributed by atoms with Crippen LogP contribution in [0.1, 0.15) is 24.2 Å². The second-order valence-electron chi connectivity index (χ2n) is 4.09. The van der Waals surface area contributed by atoms with E-state index in [0.717, 1.165) is 11.4 Å². The van der Waals surface area contributed by atoms with Gasteiger partial charge in [-0.1, -0.05) is 36.7 Å². The van der Waals surface area contributed by atoms with Gasteiger partial charge in [-0.05, 0) is 35.6 Å². The van der Waals surface area contributed by atoms with E-state index in [-0.39, 0.29) is 11.3 Å². The Labute approximate surface area is 121 Å². The molecule has 1 aromatic carbocycles. The van der Waals surface area contributed by atoms with Gasteiger partial charge in [-0.15, -0.1) is 23.1 Å². The van der Waals surface area contributed by atoms with Gasteiger partial charge >= 0.3 is 0 Å². The highest BCUT2D eigenvalue weighted by Gasteiger charge is 2.20. The number of hydrogen-bond donors (Lipinski definition) is 1. The third-order valence-electron chi connectivity index (χ3n) is 2.80. The monoisotopic (exact) mass is 297 g/mol. The van der Waals surface area contributed by atoms with Crippen molar-refractivity contribution in [1.29, 1.82) is 0 Å². The Morgan fingerprint density at radius 3 is 2.56 bits per heavy atom. The standard InChI is InChI=1S/C14H16ClNS2/c1-2-12(16)14(18-13-4-3-9-17-13)10-5-7-11(15)8-6-10/h3-9,12,14H,2,16H2,1H3. The fraction of sp³-hybridized carbons (Fsp3) is 0.286. The molecule has 2 aromatic rings. The third-order valence-corrected chi connectivity index (χ3v) is 5.53. The van der Waals surface area contributed by atoms with E-state index in [0.29, 0.717) is 0 Å². The van der Waals surface area contributed by atoms with Crippen molar-refractivity contribution in [3.63, 3.8) is 0 Å². The van der Waals surface area contributed by atoms with Crippen molar-refractivity contribution in [2.45, 2.75) is 28.8 Å². The molecule has 0 bridgehead atoms. The van der Waals surface area contributed by atoms with Crippen molar-refractivity contribution in [2.75, 3.05) is 0 Å². The lowest BCUT2D eigenvalue weighted by molar-refractivity contribution is 0.634. The van der Waals surface area contributed by atoms with Gasteiger partial charge < -0.3 is 5.73 Å². The molecule has 1 nitrogen and oxygen atoms in total. The van der Waals surface area contributed by atoms with Crippen molar-refractivity contribution in [2.24, 2.45) is 5.73 Å². The highest BCUT2D eigenvalue weighted by atomic mass is 35.5. The predicted octanol–water partition coefficient (Wildman–Crippen LogP) is 4.97. The fourth-order valence-corrected chi connectivity index (χ4v) is 4.07. The second kappa shape index (κ2) is 6.62. The molecule has 1 aromatic heterocycles. The number of thiophene rings is 1. The molecule has 2 rings (SSSR count). The quantitative estimate of drug-likeness (QED) is 0.788. The summed E-state index contributed by atoms with van der Waals surface area (Å²) in [7, 11) is 0. The van der Waals surface area contributed by atoms with Crippen LogP contribution in [0.15, 0.2) is 46.0 Å². The summed E-state index contributed by atoms with van der Waals surface area (Å²) >= 11 is 9.53. The maximum absolute atomic E-state index is 6.25. The first kappa shape index (κ1) is 13.9. The van der Waals surface area contributed by atoms with Gasteiger partial charge in [-0.3, -0.25) is 0 Å². The summed E-state index contributed by atoms with van der Waals surface area (Å²) in [6, 6.07) is 12.4. The Kier molecular flexibility index (Phi) is 5.13. The van der Waals surface area contributed by atoms with Crippen LogP contribution >= 0.6 is 34.7 Å². The molecular formula is C14H16ClNS2. The molecule has 2 atom stereocenters. The van der Waals surface area contributed by atoms with E-state index in [1.165, 1.54) is 9.77 Å². The first-order valence-electron chi connectivity index (χ1n) is 5.92. The molecule has 0 aliphatic rings. The van der Waals surface area contributed by atoms with E-state index in [1.54, 1.807) is 11.3 Å². The summed E-state index contributed by atoms with van der Waals surface area (Å²) in [5, 5.41) is 3.15. The highest BCUT2D eigenvalue weighted by Crippen LogP contribution is 2.40. The molecule has 0 aliphatic heterocycles. The van der Waals surface area contributed by atoms with E-state index >= 15 is 0 Å². The Morgan fingerprint density at radius 1 is 1.28 bits per heavy atom. The van der Waals surface area contributed by atoms with Gasteiger partial charge in [-0.25, -0.2) is 0 Å². The minimum atomic E-state index is 0.151. The highest BCUT2D eigenvalue weighted by molar-refractivity contribution is 8.01. The molecule has 4 heteroatoms. The van der Waals surface area contributed by atoms with Crippen LogP contribution in [0.4, 0.5) is 0 Å². The summed E-state index contributed by atoms with van der Waals surface area (Å²) in [6.45, 7) is 2.13. The topological polar surface area (TPSA) is 26.0 Å². The largest absolute Gasteiger partial charge is 0.326 e. The van der Waals surface area contributed by atoms with Crippen molar-refractivity contribution in [1.82, 2.24) is 0 Å². The zero-order chi connectivity index (χ0) is 13.0. The molecular weight excluding hydrogens is 282 g/mol. The van der Waals surface area contributed by atoms with E-state index in [1.807, 2.05) is 23.9 Å². The second-order valence-corrected chi connectivity index (χ2v) is 6.92. The van der Waals surface area contributed by atoms with Gasteiger partial charge in [0.05, 0.1) is 9.46 Å². The number of nitrogens with two attached hydrogens (primary N) is 1. The Balaban J connectivity index is 2.22. The van der Waals surface area contributed by atoms with Crippen LogP contribution < -0.4 is 5.73 Å². The number of rotatable bonds is 5. The molecule has 0 amide bonds. The van der Waals surface area contributed by atoms with Gasteiger partial charge in [-0.2, -0.15) is 0 Å². The smallest absolute Gasteiger partial charge is 0.0605 e. The molecule has 0 saturated heterocycles. The number of halogens is 1. The van der Waals surface area contributed by atoms with Crippen LogP contribution in [0.25, 0.3) is 0 Å². The minimum absolute atomic E-state index is 0.151. The third kappa shape index (κ3) is 3.51. The average molecular weight is 298 g/mol. The SMILES string of the molecule is CCC(N)C(Sc1cccs1)c1ccc(Cl)cc1. The Bertz CT molecular complexity index is 467. The minimum Gasteiger partial charge on any atom is -0.326 e. The van der Waals surface area contributed by atoms with Crippen LogP contribution in [0.2, 0.25) is 5.02 Å². The first-order valence-corrected chi connectivity index (χ1v) is 8.05. The van der Waals surface area contributed by atoms with Crippen molar-refractivity contribution >= 4 is 34.7 Å². The molecule has 0 saturated carbocycles. The molecule has 0 radical (unpaired) electrons. The Hall–Kier alpha value is -0.480. The lowest BCUT2D eigenvalue weighted by Crippen LogP contribution is -2.25. The van der Waals surface area contributed by atoms with Crippen LogP contribution in [0, 0.1) is 0 Å². The van der Waals surface area contributed by atoms with Crippen molar-refractivity contribution < 1.29 is 0 Å². The summed E-state index contributed by atoms with van der Waals surface area (Å²) < 4.78 is 1.30. The lowest BCUT2D eigenvalue weighted by atomic mass is 10.0. The molecule has 18 heavy (non-hydrogen) atoms. The summed E-state index contributed by atoms with van der Waals surface area (Å²) in [5.74, 6) is 0. The maximum atomic E-state index is 6.25. The maximum Gasteiger partial charge on any atom is 0.0605 e. The van der Waals surface area contributed by atoms with Gasteiger partial charge in [0, 0.05) is 11.1 Å². The summed E-state index contributed by atoms with van der Waals surface area (Å²) in [4.78, 5) is 0. The van der Waals surface area contributed by atoms with E-state index in [4.69, 9.17) is 17.3 Å². The van der Waals surface area contributed by atoms with Crippen LogP contribution in [0.3, 0.4) is 0 Å². The normalized spacial score (nSPS) is 14.4. The van der Waals surface area contributed by atoms with Gasteiger partial charge in [0.1, 0.15) is 0 Å². The number of benzene rings is 1. The van der Waals surface area contributed by atoms with E-state index in [9.17, 15) is 0 Å². The summed E-state index contributed by atoms with van der Waals surface area (Å²) in [5.41, 5.74) is 7.50. The fourth-order valence-electron chi connectivity index (χ4n) is 1.72. The van der Waals surface area contributed by atoms with Crippen molar-refractivity contribution in [3.8, 4) is 0 Å². The van der Waals surface area contributed by atoms with Crippen LogP contribution in [-0.4, -0.2) is 6.04 Å². The van der Waals surface area contributed by atoms with Gasteiger partial charge in [0.25, 0.3) is 0 Å². The van der Waals surface area contributed by atoms with Crippen LogP contribution in [0.5, 0.6) is 0 Å². The zero-order valence-electron chi connectivity index (χ0n) is 10.2. The molecule has 2 unspecified atom stereocenters. The molecule has 1 heterocycles. The summed E-state index contributed by atoms with van der Waals surface area (Å²) in [6.07, 6.45) is 0.964. The average Bonchev–Trinajstić information content (AvgIpc) is 2.89. The molecule has 2 N–H and O–H groups in total. The van der Waals surface area contributed by atoms with Crippen LogP contribution in [-0.2, 0) is 0 Å². The van der Waals surface area contributed by atoms with Gasteiger partial charge in [0.15, 0.2) is 0 Å². The first-order chi connectivity index (χ1) is 8.70. The lowest BCUT2D eigenvalue weighted by Gasteiger charge is -2.22.